The third-order valence-corrected chi connectivity index (χ3v) is 4.91. The highest BCUT2D eigenvalue weighted by atomic mass is 16.5. The molecule has 1 atom stereocenters. The second-order valence-corrected chi connectivity index (χ2v) is 6.76. The third kappa shape index (κ3) is 5.98. The molecule has 0 aliphatic carbocycles. The number of hydrogen-bond donors (Lipinski definition) is 1. The zero-order chi connectivity index (χ0) is 19.8. The molecule has 0 spiro atoms. The average Bonchev–Trinajstić information content (AvgIpc) is 2.90. The number of para-hydroxylation sites is 1. The Morgan fingerprint density at radius 3 is 2.63 bits per heavy atom. The summed E-state index contributed by atoms with van der Waals surface area (Å²) in [5.41, 5.74) is 1.06. The fourth-order valence-corrected chi connectivity index (χ4v) is 3.45. The number of benzene rings is 1. The van der Waals surface area contributed by atoms with Crippen LogP contribution in [0.1, 0.15) is 38.7 Å². The third-order valence-electron chi connectivity index (χ3n) is 4.91. The largest absolute Gasteiger partial charge is 0.483 e. The molecular weight excluding hydrogens is 348 g/mol. The van der Waals surface area contributed by atoms with E-state index in [0.29, 0.717) is 25.9 Å². The van der Waals surface area contributed by atoms with Gasteiger partial charge in [-0.1, -0.05) is 25.1 Å². The first kappa shape index (κ1) is 20.7. The van der Waals surface area contributed by atoms with E-state index in [1.165, 1.54) is 11.8 Å². The number of ether oxygens (including phenoxy) is 1. The lowest BCUT2D eigenvalue weighted by Gasteiger charge is -2.28. The Morgan fingerprint density at radius 2 is 1.96 bits per heavy atom. The van der Waals surface area contributed by atoms with Crippen molar-refractivity contribution in [2.24, 2.45) is 0 Å². The molecule has 1 saturated heterocycles. The molecule has 0 bridgehead atoms. The summed E-state index contributed by atoms with van der Waals surface area (Å²) in [7, 11) is 0. The number of aryl methyl sites for hydroxylation is 1. The summed E-state index contributed by atoms with van der Waals surface area (Å²) in [5, 5.41) is 9.02. The second kappa shape index (κ2) is 9.94. The van der Waals surface area contributed by atoms with Crippen molar-refractivity contribution in [3.63, 3.8) is 0 Å². The van der Waals surface area contributed by atoms with E-state index in [1.54, 1.807) is 4.90 Å². The molecule has 0 aromatic heterocycles. The van der Waals surface area contributed by atoms with Crippen molar-refractivity contribution >= 4 is 17.8 Å². The molecule has 1 N–H and O–H groups in total. The van der Waals surface area contributed by atoms with Gasteiger partial charge >= 0.3 is 5.97 Å². The first-order valence-corrected chi connectivity index (χ1v) is 9.39. The van der Waals surface area contributed by atoms with Gasteiger partial charge in [-0.3, -0.25) is 14.4 Å². The van der Waals surface area contributed by atoms with Crippen LogP contribution in [0.25, 0.3) is 0 Å². The number of carbonyl (C=O) groups excluding carboxylic acids is 2. The molecule has 148 valence electrons. The molecule has 0 radical (unpaired) electrons. The summed E-state index contributed by atoms with van der Waals surface area (Å²) in [5.74, 6) is -0.633. The van der Waals surface area contributed by atoms with Crippen molar-refractivity contribution in [1.82, 2.24) is 9.80 Å². The Balaban J connectivity index is 1.91. The van der Waals surface area contributed by atoms with Crippen LogP contribution < -0.4 is 4.74 Å². The molecular formula is C20H28N2O5. The fraction of sp³-hybridized carbons (Fsp3) is 0.550. The van der Waals surface area contributed by atoms with E-state index in [2.05, 4.69) is 0 Å². The average molecular weight is 376 g/mol. The van der Waals surface area contributed by atoms with Gasteiger partial charge in [-0.2, -0.15) is 0 Å². The van der Waals surface area contributed by atoms with Crippen molar-refractivity contribution < 1.29 is 24.2 Å². The Bertz CT molecular complexity index is 676. The molecule has 7 heteroatoms. The monoisotopic (exact) mass is 376 g/mol. The molecule has 1 aliphatic heterocycles. The van der Waals surface area contributed by atoms with Crippen LogP contribution in [-0.4, -0.2) is 65.0 Å². The van der Waals surface area contributed by atoms with Gasteiger partial charge in [0.05, 0.1) is 0 Å². The number of amides is 2. The maximum atomic E-state index is 12.5. The second-order valence-electron chi connectivity index (χ2n) is 6.76. The molecule has 27 heavy (non-hydrogen) atoms. The Hall–Kier alpha value is -2.57. The van der Waals surface area contributed by atoms with E-state index in [9.17, 15) is 14.4 Å². The molecule has 1 aromatic rings. The van der Waals surface area contributed by atoms with Gasteiger partial charge < -0.3 is 19.6 Å². The van der Waals surface area contributed by atoms with Gasteiger partial charge in [-0.25, -0.2) is 0 Å². The zero-order valence-electron chi connectivity index (χ0n) is 16.0. The van der Waals surface area contributed by atoms with Crippen LogP contribution in [0, 0.1) is 0 Å². The summed E-state index contributed by atoms with van der Waals surface area (Å²) in [4.78, 5) is 38.5. The quantitative estimate of drug-likeness (QED) is 0.786. The normalized spacial score (nSPS) is 17.1. The van der Waals surface area contributed by atoms with Crippen LogP contribution in [0.4, 0.5) is 0 Å². The predicted molar refractivity (Wildman–Crippen MR) is 101 cm³/mol. The topological polar surface area (TPSA) is 87.2 Å². The summed E-state index contributed by atoms with van der Waals surface area (Å²) < 4.78 is 5.72. The highest BCUT2D eigenvalue weighted by Gasteiger charge is 2.27. The van der Waals surface area contributed by atoms with Crippen LogP contribution in [0.15, 0.2) is 24.3 Å². The van der Waals surface area contributed by atoms with E-state index in [1.807, 2.05) is 31.2 Å². The molecule has 0 unspecified atom stereocenters. The highest BCUT2D eigenvalue weighted by Crippen LogP contribution is 2.20. The maximum Gasteiger partial charge on any atom is 0.323 e. The first-order valence-electron chi connectivity index (χ1n) is 9.39. The van der Waals surface area contributed by atoms with E-state index in [-0.39, 0.29) is 31.0 Å². The first-order chi connectivity index (χ1) is 12.9. The number of nitrogens with zero attached hydrogens (tertiary/aromatic N) is 2. The van der Waals surface area contributed by atoms with Crippen LogP contribution in [0.3, 0.4) is 0 Å². The number of likely N-dealkylation sites (tertiary alicyclic amines) is 1. The standard InChI is InChI=1S/C20H28N2O5/c1-3-16-7-4-5-9-18(16)27-14-19(24)21-11-6-8-17(10-12-21)22(15(2)23)13-20(25)26/h4-5,7,9,17H,3,6,8,10-14H2,1-2H3,(H,25,26)/t17-/m0/s1. The predicted octanol–water partition coefficient (Wildman–Crippen LogP) is 1.94. The van der Waals surface area contributed by atoms with Crippen molar-refractivity contribution in [3.05, 3.63) is 29.8 Å². The molecule has 7 nitrogen and oxygen atoms in total. The smallest absolute Gasteiger partial charge is 0.323 e. The number of carbonyl (C=O) groups is 3. The highest BCUT2D eigenvalue weighted by molar-refractivity contribution is 5.80. The lowest BCUT2D eigenvalue weighted by molar-refractivity contribution is -0.145. The van der Waals surface area contributed by atoms with E-state index < -0.39 is 5.97 Å². The van der Waals surface area contributed by atoms with Crippen LogP contribution >= 0.6 is 0 Å². The van der Waals surface area contributed by atoms with Gasteiger partial charge in [0.15, 0.2) is 6.61 Å². The minimum absolute atomic E-state index is 0.0206. The maximum absolute atomic E-state index is 12.5. The molecule has 1 aromatic carbocycles. The lowest BCUT2D eigenvalue weighted by atomic mass is 10.1. The molecule has 1 heterocycles. The SMILES string of the molecule is CCc1ccccc1OCC(=O)N1CCC[C@H](N(CC(=O)O)C(C)=O)CC1. The Kier molecular flexibility index (Phi) is 7.64. The number of hydrogen-bond acceptors (Lipinski definition) is 4. The fourth-order valence-electron chi connectivity index (χ4n) is 3.45. The molecule has 1 aliphatic rings. The summed E-state index contributed by atoms with van der Waals surface area (Å²) in [6.07, 6.45) is 2.83. The molecule has 2 rings (SSSR count). The van der Waals surface area contributed by atoms with Gasteiger partial charge in [-0.05, 0) is 37.3 Å². The van der Waals surface area contributed by atoms with Crippen LogP contribution in [0.5, 0.6) is 5.75 Å². The minimum Gasteiger partial charge on any atom is -0.483 e. The lowest BCUT2D eigenvalue weighted by Crippen LogP contribution is -2.43. The molecule has 2 amide bonds. The van der Waals surface area contributed by atoms with Crippen molar-refractivity contribution in [3.8, 4) is 5.75 Å². The summed E-state index contributed by atoms with van der Waals surface area (Å²) in [6, 6.07) is 7.52. The number of carboxylic acids is 1. The van der Waals surface area contributed by atoms with Crippen molar-refractivity contribution in [2.75, 3.05) is 26.2 Å². The van der Waals surface area contributed by atoms with Gasteiger partial charge in [0.25, 0.3) is 5.91 Å². The van der Waals surface area contributed by atoms with Crippen molar-refractivity contribution in [1.29, 1.82) is 0 Å². The number of aliphatic carboxylic acids is 1. The van der Waals surface area contributed by atoms with Gasteiger partial charge in [0.2, 0.25) is 5.91 Å². The van der Waals surface area contributed by atoms with Gasteiger partial charge in [-0.15, -0.1) is 0 Å². The summed E-state index contributed by atoms with van der Waals surface area (Å²) in [6.45, 7) is 4.18. The number of rotatable bonds is 7. The number of carboxylic acid groups (broad SMARTS) is 1. The zero-order valence-corrected chi connectivity index (χ0v) is 16.0. The molecule has 0 saturated carbocycles. The minimum atomic E-state index is -1.02. The van der Waals surface area contributed by atoms with Gasteiger partial charge in [0.1, 0.15) is 12.3 Å². The van der Waals surface area contributed by atoms with Crippen molar-refractivity contribution in [2.45, 2.75) is 45.6 Å². The van der Waals surface area contributed by atoms with Crippen LogP contribution in [-0.2, 0) is 20.8 Å². The van der Waals surface area contributed by atoms with Gasteiger partial charge in [0, 0.05) is 26.1 Å². The van der Waals surface area contributed by atoms with E-state index in [4.69, 9.17) is 9.84 Å². The van der Waals surface area contributed by atoms with Crippen LogP contribution in [0.2, 0.25) is 0 Å². The van der Waals surface area contributed by atoms with E-state index >= 15 is 0 Å². The Morgan fingerprint density at radius 1 is 1.22 bits per heavy atom. The molecule has 1 fully saturated rings. The van der Waals surface area contributed by atoms with E-state index in [0.717, 1.165) is 24.2 Å². The summed E-state index contributed by atoms with van der Waals surface area (Å²) >= 11 is 0. The Labute approximate surface area is 159 Å².